The van der Waals surface area contributed by atoms with E-state index in [-0.39, 0.29) is 5.91 Å². The number of rotatable bonds is 5. The van der Waals surface area contributed by atoms with Crippen molar-refractivity contribution in [2.75, 3.05) is 13.7 Å². The van der Waals surface area contributed by atoms with Crippen LogP contribution in [0.25, 0.3) is 0 Å². The molecule has 0 spiro atoms. The third-order valence-corrected chi connectivity index (χ3v) is 4.53. The number of ketones is 1. The smallest absolute Gasteiger partial charge is 0.380 e. The molecule has 1 amide bonds. The van der Waals surface area contributed by atoms with Crippen molar-refractivity contribution in [1.82, 2.24) is 0 Å². The van der Waals surface area contributed by atoms with Crippen LogP contribution in [0.15, 0.2) is 0 Å². The molecule has 2 fully saturated rings. The van der Waals surface area contributed by atoms with E-state index in [1.807, 2.05) is 0 Å². The fraction of sp³-hybridized carbons (Fsp3) is 0.786. The second-order valence-electron chi connectivity index (χ2n) is 5.83. The van der Waals surface area contributed by atoms with Crippen LogP contribution >= 0.6 is 0 Å². The molecule has 20 heavy (non-hydrogen) atoms. The molecule has 1 heterocycles. The SMILES string of the molecule is COC(=O)C(=O)[C@@H]1CCC[NH+]1C(=O)[C@H](N)CC1CCC1. The Labute approximate surface area is 118 Å². The molecule has 2 aliphatic rings. The lowest BCUT2D eigenvalue weighted by atomic mass is 9.81. The van der Waals surface area contributed by atoms with Gasteiger partial charge in [0.1, 0.15) is 6.04 Å². The van der Waals surface area contributed by atoms with Gasteiger partial charge in [-0.25, -0.2) is 9.59 Å². The van der Waals surface area contributed by atoms with Crippen molar-refractivity contribution in [3.05, 3.63) is 0 Å². The zero-order valence-corrected chi connectivity index (χ0v) is 11.9. The van der Waals surface area contributed by atoms with Gasteiger partial charge in [-0.3, -0.25) is 9.69 Å². The zero-order valence-electron chi connectivity index (χ0n) is 11.9. The number of nitrogens with one attached hydrogen (secondary N) is 1. The number of carbonyl (C=O) groups is 3. The highest BCUT2D eigenvalue weighted by Gasteiger charge is 2.44. The van der Waals surface area contributed by atoms with Gasteiger partial charge in [-0.05, 0) is 12.3 Å². The van der Waals surface area contributed by atoms with Crippen molar-refractivity contribution in [2.45, 2.75) is 50.6 Å². The van der Waals surface area contributed by atoms with Crippen LogP contribution in [-0.4, -0.2) is 43.4 Å². The standard InChI is InChI=1S/C14H22N2O4/c1-20-14(19)12(17)11-6-3-7-16(11)13(18)10(15)8-9-4-2-5-9/h9-11H,2-8,15H2,1H3/p+1/t10-,11+/m1/s1. The normalized spacial score (nSPS) is 27.7. The monoisotopic (exact) mass is 283 g/mol. The predicted octanol–water partition coefficient (Wildman–Crippen LogP) is -1.18. The number of esters is 1. The van der Waals surface area contributed by atoms with Gasteiger partial charge in [0.15, 0.2) is 6.04 Å². The van der Waals surface area contributed by atoms with Crippen molar-refractivity contribution in [2.24, 2.45) is 11.7 Å². The van der Waals surface area contributed by atoms with Crippen LogP contribution in [-0.2, 0) is 19.1 Å². The van der Waals surface area contributed by atoms with Crippen molar-refractivity contribution < 1.29 is 24.0 Å². The maximum atomic E-state index is 12.4. The lowest BCUT2D eigenvalue weighted by molar-refractivity contribution is -0.823. The summed E-state index contributed by atoms with van der Waals surface area (Å²) in [6, 6.07) is -1.14. The molecule has 1 unspecified atom stereocenters. The minimum Gasteiger partial charge on any atom is -0.463 e. The minimum absolute atomic E-state index is 0.128. The number of carbonyl (C=O) groups excluding carboxylic acids is 3. The van der Waals surface area contributed by atoms with Crippen LogP contribution in [0.2, 0.25) is 0 Å². The molecule has 0 aromatic rings. The van der Waals surface area contributed by atoms with Gasteiger partial charge in [0.25, 0.3) is 5.78 Å². The molecule has 6 heteroatoms. The third-order valence-electron chi connectivity index (χ3n) is 4.53. The van der Waals surface area contributed by atoms with Gasteiger partial charge in [-0.2, -0.15) is 0 Å². The van der Waals surface area contributed by atoms with E-state index in [1.165, 1.54) is 13.5 Å². The molecular formula is C14H23N2O4+. The third kappa shape index (κ3) is 3.07. The number of hydrogen-bond acceptors (Lipinski definition) is 5. The number of ether oxygens (including phenoxy) is 1. The van der Waals surface area contributed by atoms with Gasteiger partial charge in [0.2, 0.25) is 0 Å². The molecule has 1 aliphatic carbocycles. The van der Waals surface area contributed by atoms with E-state index in [1.54, 1.807) is 0 Å². The van der Waals surface area contributed by atoms with E-state index in [0.717, 1.165) is 19.3 Å². The summed E-state index contributed by atoms with van der Waals surface area (Å²) in [5, 5.41) is 0. The molecule has 1 saturated heterocycles. The van der Waals surface area contributed by atoms with Crippen molar-refractivity contribution >= 4 is 17.7 Å². The van der Waals surface area contributed by atoms with Gasteiger partial charge in [0, 0.05) is 12.8 Å². The summed E-state index contributed by atoms with van der Waals surface area (Å²) in [7, 11) is 1.18. The van der Waals surface area contributed by atoms with Crippen molar-refractivity contribution in [3.8, 4) is 0 Å². The Bertz CT molecular complexity index is 406. The average Bonchev–Trinajstić information content (AvgIpc) is 2.89. The molecule has 3 atom stereocenters. The van der Waals surface area contributed by atoms with Gasteiger partial charge >= 0.3 is 11.9 Å². The zero-order chi connectivity index (χ0) is 14.7. The van der Waals surface area contributed by atoms with Crippen LogP contribution < -0.4 is 10.6 Å². The van der Waals surface area contributed by atoms with E-state index >= 15 is 0 Å². The number of Topliss-reactive ketones (excluding diaryl/α,β-unsaturated/α-hetero) is 1. The van der Waals surface area contributed by atoms with Gasteiger partial charge < -0.3 is 10.5 Å². The second kappa shape index (κ2) is 6.45. The lowest BCUT2D eigenvalue weighted by Crippen LogP contribution is -3.18. The fourth-order valence-corrected chi connectivity index (χ4v) is 3.10. The van der Waals surface area contributed by atoms with Crippen LogP contribution in [0.5, 0.6) is 0 Å². The van der Waals surface area contributed by atoms with E-state index in [9.17, 15) is 14.4 Å². The number of hydrogen-bond donors (Lipinski definition) is 2. The Morgan fingerprint density at radius 3 is 2.50 bits per heavy atom. The lowest BCUT2D eigenvalue weighted by Gasteiger charge is -2.28. The highest BCUT2D eigenvalue weighted by atomic mass is 16.5. The first kappa shape index (κ1) is 15.1. The maximum absolute atomic E-state index is 12.4. The predicted molar refractivity (Wildman–Crippen MR) is 70.8 cm³/mol. The second-order valence-corrected chi connectivity index (χ2v) is 5.83. The summed E-state index contributed by atoms with van der Waals surface area (Å²) in [4.78, 5) is 36.2. The van der Waals surface area contributed by atoms with Crippen LogP contribution in [0.3, 0.4) is 0 Å². The Kier molecular flexibility index (Phi) is 4.88. The Morgan fingerprint density at radius 1 is 1.25 bits per heavy atom. The molecule has 112 valence electrons. The van der Waals surface area contributed by atoms with E-state index in [2.05, 4.69) is 4.74 Å². The van der Waals surface area contributed by atoms with Crippen LogP contribution in [0.1, 0.15) is 38.5 Å². The first-order chi connectivity index (χ1) is 9.54. The highest BCUT2D eigenvalue weighted by molar-refractivity contribution is 6.35. The average molecular weight is 283 g/mol. The number of nitrogens with two attached hydrogens (primary N) is 1. The van der Waals surface area contributed by atoms with Gasteiger partial charge in [-0.1, -0.05) is 19.3 Å². The molecule has 1 aliphatic heterocycles. The summed E-state index contributed by atoms with van der Waals surface area (Å²) in [5.74, 6) is -1.05. The first-order valence-electron chi connectivity index (χ1n) is 7.32. The van der Waals surface area contributed by atoms with Gasteiger partial charge in [0.05, 0.1) is 13.7 Å². The summed E-state index contributed by atoms with van der Waals surface area (Å²) >= 11 is 0. The first-order valence-corrected chi connectivity index (χ1v) is 7.32. The number of amides is 1. The van der Waals surface area contributed by atoms with E-state index in [0.29, 0.717) is 30.2 Å². The van der Waals surface area contributed by atoms with Crippen molar-refractivity contribution in [3.63, 3.8) is 0 Å². The van der Waals surface area contributed by atoms with E-state index in [4.69, 9.17) is 5.73 Å². The molecule has 2 rings (SSSR count). The van der Waals surface area contributed by atoms with Crippen LogP contribution in [0, 0.1) is 5.92 Å². The molecule has 6 nitrogen and oxygen atoms in total. The highest BCUT2D eigenvalue weighted by Crippen LogP contribution is 2.29. The van der Waals surface area contributed by atoms with E-state index < -0.39 is 23.8 Å². The maximum Gasteiger partial charge on any atom is 0.380 e. The van der Waals surface area contributed by atoms with Crippen molar-refractivity contribution in [1.29, 1.82) is 0 Å². The molecule has 3 N–H and O–H groups in total. The van der Waals surface area contributed by atoms with Gasteiger partial charge in [-0.15, -0.1) is 0 Å². The molecular weight excluding hydrogens is 260 g/mol. The number of quaternary nitrogens is 1. The fourth-order valence-electron chi connectivity index (χ4n) is 3.10. The molecule has 0 bridgehead atoms. The summed E-state index contributed by atoms with van der Waals surface area (Å²) in [5.41, 5.74) is 5.98. The number of likely N-dealkylation sites (tertiary alicyclic amines) is 1. The molecule has 0 aromatic heterocycles. The summed E-state index contributed by atoms with van der Waals surface area (Å²) < 4.78 is 4.46. The number of methoxy groups -OCH3 is 1. The molecule has 0 aromatic carbocycles. The Morgan fingerprint density at radius 2 is 1.95 bits per heavy atom. The Balaban J connectivity index is 1.96. The quantitative estimate of drug-likeness (QED) is 0.489. The molecule has 0 radical (unpaired) electrons. The Hall–Kier alpha value is -1.27. The summed E-state index contributed by atoms with van der Waals surface area (Å²) in [6.07, 6.45) is 5.49. The molecule has 1 saturated carbocycles. The topological polar surface area (TPSA) is 90.9 Å². The summed E-state index contributed by atoms with van der Waals surface area (Å²) in [6.45, 7) is 0.574. The van der Waals surface area contributed by atoms with Crippen LogP contribution in [0.4, 0.5) is 0 Å². The largest absolute Gasteiger partial charge is 0.463 e. The minimum atomic E-state index is -0.866.